The summed E-state index contributed by atoms with van der Waals surface area (Å²) in [5.74, 6) is 0.0220. The van der Waals surface area contributed by atoms with Gasteiger partial charge < -0.3 is 4.74 Å². The second kappa shape index (κ2) is 18.6. The minimum atomic E-state index is -3.37. The van der Waals surface area contributed by atoms with Crippen LogP contribution in [0.3, 0.4) is 0 Å². The van der Waals surface area contributed by atoms with E-state index in [1.807, 2.05) is 115 Å². The number of hydrazone groups is 1. The van der Waals surface area contributed by atoms with Gasteiger partial charge in [0.15, 0.2) is 0 Å². The Morgan fingerprint density at radius 2 is 1.26 bits per heavy atom. The minimum Gasteiger partial charge on any atom is -0.361 e. The number of nitro benzene ring substituents is 2. The molecule has 12 heteroatoms. The fourth-order valence-electron chi connectivity index (χ4n) is 9.35. The Morgan fingerprint density at radius 1 is 0.742 bits per heavy atom. The number of nitro groups is 2. The highest BCUT2D eigenvalue weighted by Crippen LogP contribution is 2.62. The molecule has 0 radical (unpaired) electrons. The number of allylic oxidation sites excluding steroid dienone is 1. The smallest absolute Gasteiger partial charge is 0.301 e. The Kier molecular flexibility index (Phi) is 12.7. The summed E-state index contributed by atoms with van der Waals surface area (Å²) in [6.45, 7) is 1.02. The molecule has 1 spiro atoms. The molecule has 314 valence electrons. The summed E-state index contributed by atoms with van der Waals surface area (Å²) in [5, 5.41) is 29.0. The van der Waals surface area contributed by atoms with Gasteiger partial charge in [0.05, 0.1) is 15.9 Å². The molecule has 0 bridgehead atoms. The quantitative estimate of drug-likeness (QED) is 0.0171. The number of nitrogens with zero attached hydrogens (tertiary/aromatic N) is 4. The van der Waals surface area contributed by atoms with E-state index in [1.54, 1.807) is 6.21 Å². The van der Waals surface area contributed by atoms with Crippen molar-refractivity contribution in [3.63, 3.8) is 0 Å². The Labute approximate surface area is 361 Å². The second-order valence-corrected chi connectivity index (χ2v) is 18.5. The van der Waals surface area contributed by atoms with Crippen molar-refractivity contribution >= 4 is 41.2 Å². The van der Waals surface area contributed by atoms with Gasteiger partial charge in [-0.15, -0.1) is 0 Å². The molecular weight excluding hydrogens is 798 g/mol. The van der Waals surface area contributed by atoms with Gasteiger partial charge >= 0.3 is 5.69 Å². The molecule has 1 saturated heterocycles. The Morgan fingerprint density at radius 3 is 1.73 bits per heavy atom. The maximum atomic E-state index is 16.1. The fourth-order valence-corrected chi connectivity index (χ4v) is 12.5. The third-order valence-electron chi connectivity index (χ3n) is 12.4. The van der Waals surface area contributed by atoms with Gasteiger partial charge in [-0.3, -0.25) is 30.2 Å². The van der Waals surface area contributed by atoms with Gasteiger partial charge in [0, 0.05) is 47.5 Å². The monoisotopic (exact) mass is 845 g/mol. The number of hydrogen-bond donors (Lipinski definition) is 1. The van der Waals surface area contributed by atoms with E-state index < -0.39 is 28.4 Å². The molecule has 0 unspecified atom stereocenters. The van der Waals surface area contributed by atoms with Crippen LogP contribution in [-0.4, -0.2) is 39.9 Å². The highest BCUT2D eigenvalue weighted by molar-refractivity contribution is 7.76. The molecule has 0 amide bonds. The topological polar surface area (TPSA) is 140 Å². The number of rotatable bonds is 18. The first-order chi connectivity index (χ1) is 30.3. The van der Waals surface area contributed by atoms with E-state index in [2.05, 4.69) is 63.7 Å². The fraction of sp³-hybridized carbons (Fsp3) is 0.220. The van der Waals surface area contributed by atoms with Gasteiger partial charge in [0.2, 0.25) is 7.29 Å². The molecule has 8 rings (SSSR count). The number of hydrogen-bond acceptors (Lipinski definition) is 8. The first-order valence-electron chi connectivity index (χ1n) is 20.9. The standard InChI is InChI=1S/C50H48N5O6P/c56-54(57)43-30-31-46(47(37-43)55(58)59)52-51-35-32-42-38-53(62(60,44-25-12-4-13-26-44)45-27-14-5-15-28-45)48(49(42)33-18-34-49)29-16-17-36-61-50(39-19-6-1-7-20-39,40-21-8-2-9-22-40)41-23-10-3-11-24-41/h1-15,18-28,30-31,33,35,37,42,48,52H,16-17,29,32,34,36,38H2/b51-35+/t42-,48+,49+/m0/s1. The molecule has 6 aromatic rings. The van der Waals surface area contributed by atoms with Crippen LogP contribution < -0.4 is 16.0 Å². The van der Waals surface area contributed by atoms with Crippen LogP contribution in [0.15, 0.2) is 187 Å². The number of anilines is 1. The summed E-state index contributed by atoms with van der Waals surface area (Å²) in [7, 11) is -3.37. The second-order valence-electron chi connectivity index (χ2n) is 15.8. The van der Waals surface area contributed by atoms with Crippen molar-refractivity contribution in [1.82, 2.24) is 4.67 Å². The summed E-state index contributed by atoms with van der Waals surface area (Å²) < 4.78 is 25.5. The summed E-state index contributed by atoms with van der Waals surface area (Å²) >= 11 is 0. The van der Waals surface area contributed by atoms with Crippen LogP contribution in [0, 0.1) is 31.6 Å². The van der Waals surface area contributed by atoms with Gasteiger partial charge in [0.1, 0.15) is 11.3 Å². The lowest BCUT2D eigenvalue weighted by molar-refractivity contribution is -0.393. The zero-order valence-corrected chi connectivity index (χ0v) is 35.1. The number of unbranched alkanes of at least 4 members (excludes halogenated alkanes) is 1. The summed E-state index contributed by atoms with van der Waals surface area (Å²) in [6, 6.07) is 54.0. The van der Waals surface area contributed by atoms with Crippen LogP contribution in [0.1, 0.15) is 48.8 Å². The van der Waals surface area contributed by atoms with Crippen molar-refractivity contribution in [2.45, 2.75) is 43.7 Å². The van der Waals surface area contributed by atoms with Crippen LogP contribution >= 0.6 is 7.29 Å². The Balaban J connectivity index is 1.08. The van der Waals surface area contributed by atoms with Crippen LogP contribution in [0.2, 0.25) is 0 Å². The van der Waals surface area contributed by atoms with Crippen molar-refractivity contribution in [3.8, 4) is 0 Å². The average Bonchev–Trinajstić information content (AvgIpc) is 3.65. The molecule has 0 aromatic heterocycles. The number of nitrogens with one attached hydrogen (secondary N) is 1. The predicted molar refractivity (Wildman–Crippen MR) is 245 cm³/mol. The van der Waals surface area contributed by atoms with E-state index >= 15 is 4.57 Å². The van der Waals surface area contributed by atoms with Crippen molar-refractivity contribution in [2.24, 2.45) is 16.4 Å². The summed E-state index contributed by atoms with van der Waals surface area (Å²) in [6.07, 6.45) is 9.86. The predicted octanol–water partition coefficient (Wildman–Crippen LogP) is 10.6. The molecule has 1 N–H and O–H groups in total. The maximum absolute atomic E-state index is 16.1. The molecule has 0 saturated carbocycles. The lowest BCUT2D eigenvalue weighted by Gasteiger charge is -2.44. The summed E-state index contributed by atoms with van der Waals surface area (Å²) in [4.78, 5) is 21.7. The van der Waals surface area contributed by atoms with Gasteiger partial charge in [-0.25, -0.2) is 4.67 Å². The van der Waals surface area contributed by atoms with Gasteiger partial charge in [-0.05, 0) is 85.0 Å². The van der Waals surface area contributed by atoms with E-state index in [9.17, 15) is 20.2 Å². The van der Waals surface area contributed by atoms with Crippen molar-refractivity contribution < 1.29 is 19.1 Å². The molecule has 1 aliphatic heterocycles. The Bertz CT molecular complexity index is 2440. The van der Waals surface area contributed by atoms with Crippen LogP contribution in [0.25, 0.3) is 0 Å². The SMILES string of the molecule is O=[N+]([O-])c1ccc(N/N=C/C[C@H]2CN(P(=O)(c3ccccc3)c3ccccc3)[C@H](CCCCOC(c3ccccc3)(c3ccccc3)c3ccccc3)[C@@]23C=CC3)c([N+](=O)[O-])c1. The highest BCUT2D eigenvalue weighted by Gasteiger charge is 2.58. The molecule has 3 atom stereocenters. The molecule has 1 aliphatic carbocycles. The number of ether oxygens (including phenoxy) is 1. The molecular formula is C50H48N5O6P. The number of non-ortho nitro benzene ring substituents is 1. The lowest BCUT2D eigenvalue weighted by Crippen LogP contribution is -2.44. The van der Waals surface area contributed by atoms with Crippen LogP contribution in [0.5, 0.6) is 0 Å². The van der Waals surface area contributed by atoms with Gasteiger partial charge in [-0.2, -0.15) is 5.10 Å². The van der Waals surface area contributed by atoms with Crippen molar-refractivity contribution in [3.05, 3.63) is 219 Å². The van der Waals surface area contributed by atoms with Crippen molar-refractivity contribution in [2.75, 3.05) is 18.6 Å². The largest absolute Gasteiger partial charge is 0.361 e. The minimum absolute atomic E-state index is 0.0220. The van der Waals surface area contributed by atoms with Crippen LogP contribution in [0.4, 0.5) is 17.1 Å². The maximum Gasteiger partial charge on any atom is 0.301 e. The van der Waals surface area contributed by atoms with Crippen molar-refractivity contribution in [1.29, 1.82) is 0 Å². The molecule has 11 nitrogen and oxygen atoms in total. The first kappa shape index (κ1) is 42.2. The third-order valence-corrected chi connectivity index (χ3v) is 15.6. The van der Waals surface area contributed by atoms with E-state index in [1.165, 1.54) is 12.1 Å². The zero-order valence-electron chi connectivity index (χ0n) is 34.2. The van der Waals surface area contributed by atoms with E-state index in [-0.39, 0.29) is 28.7 Å². The third kappa shape index (κ3) is 8.14. The van der Waals surface area contributed by atoms with E-state index in [4.69, 9.17) is 4.74 Å². The summed E-state index contributed by atoms with van der Waals surface area (Å²) in [5.41, 5.74) is 4.01. The van der Waals surface area contributed by atoms with Gasteiger partial charge in [0.25, 0.3) is 5.69 Å². The molecule has 62 heavy (non-hydrogen) atoms. The van der Waals surface area contributed by atoms with E-state index in [0.29, 0.717) is 19.6 Å². The Hall–Kier alpha value is -6.52. The molecule has 6 aromatic carbocycles. The molecule has 1 heterocycles. The zero-order chi connectivity index (χ0) is 43.0. The average molecular weight is 846 g/mol. The highest BCUT2D eigenvalue weighted by atomic mass is 31.2. The van der Waals surface area contributed by atoms with Gasteiger partial charge in [-0.1, -0.05) is 140 Å². The molecule has 2 aliphatic rings. The van der Waals surface area contributed by atoms with E-state index in [0.717, 1.165) is 59.0 Å². The first-order valence-corrected chi connectivity index (χ1v) is 22.6. The van der Waals surface area contributed by atoms with Crippen LogP contribution in [-0.2, 0) is 14.9 Å². The normalized spacial score (nSPS) is 18.8. The lowest BCUT2D eigenvalue weighted by atomic mass is 9.63. The number of benzene rings is 6. The molecule has 1 fully saturated rings.